The van der Waals surface area contributed by atoms with E-state index in [1.165, 1.54) is 22.7 Å². The summed E-state index contributed by atoms with van der Waals surface area (Å²) in [5, 5.41) is 1.29. The molecule has 2 aromatic heterocycles. The van der Waals surface area contributed by atoms with Crippen LogP contribution in [-0.4, -0.2) is 22.4 Å². The van der Waals surface area contributed by atoms with E-state index in [1.54, 1.807) is 11.8 Å². The van der Waals surface area contributed by atoms with Gasteiger partial charge in [-0.1, -0.05) is 43.4 Å². The van der Waals surface area contributed by atoms with E-state index in [9.17, 15) is 4.79 Å². The molecular weight excluding hydrogens is 476 g/mol. The Morgan fingerprint density at radius 1 is 1.17 bits per heavy atom. The third kappa shape index (κ3) is 4.56. The van der Waals surface area contributed by atoms with Gasteiger partial charge in [-0.25, -0.2) is 9.97 Å². The predicted molar refractivity (Wildman–Crippen MR) is 109 cm³/mol. The molecule has 0 spiro atoms. The van der Waals surface area contributed by atoms with Crippen molar-refractivity contribution in [2.24, 2.45) is 0 Å². The maximum Gasteiger partial charge on any atom is 0.225 e. The molecule has 1 amide bonds. The summed E-state index contributed by atoms with van der Waals surface area (Å²) < 4.78 is 1.95. The normalized spacial score (nSPS) is 12.6. The van der Waals surface area contributed by atoms with Gasteiger partial charge in [-0.2, -0.15) is 0 Å². The summed E-state index contributed by atoms with van der Waals surface area (Å²) in [4.78, 5) is 22.8. The standard InChI is InChI=1S/C15H20Br2N4OS2/c1-7(2)10-12(16)24-15(20-10)21(9(4)22)6-5-8(3)11-13(17)23-14(18)19-11/h7-8H,5-6H2,1-4H3,(H2,18,19). The fraction of sp³-hybridized carbons (Fsp3) is 0.533. The molecule has 24 heavy (non-hydrogen) atoms. The fourth-order valence-corrected chi connectivity index (χ4v) is 5.91. The molecule has 0 saturated carbocycles. The van der Waals surface area contributed by atoms with Crippen LogP contribution in [0, 0.1) is 0 Å². The third-order valence-electron chi connectivity index (χ3n) is 3.63. The molecule has 132 valence electrons. The molecule has 0 aliphatic carbocycles. The third-order valence-corrected chi connectivity index (χ3v) is 6.99. The van der Waals surface area contributed by atoms with E-state index in [4.69, 9.17) is 5.73 Å². The number of nitrogens with zero attached hydrogens (tertiary/aromatic N) is 3. The maximum atomic E-state index is 12.1. The molecule has 2 heterocycles. The average molecular weight is 496 g/mol. The second kappa shape index (κ2) is 8.25. The molecular formula is C15H20Br2N4OS2. The quantitative estimate of drug-likeness (QED) is 0.584. The second-order valence-corrected chi connectivity index (χ2v) is 10.5. The summed E-state index contributed by atoms with van der Waals surface area (Å²) in [6.45, 7) is 8.44. The highest BCUT2D eigenvalue weighted by atomic mass is 79.9. The van der Waals surface area contributed by atoms with Crippen molar-refractivity contribution in [1.29, 1.82) is 0 Å². The molecule has 5 nitrogen and oxygen atoms in total. The number of aromatic nitrogens is 2. The van der Waals surface area contributed by atoms with Crippen LogP contribution in [0.1, 0.15) is 57.3 Å². The molecule has 2 N–H and O–H groups in total. The Bertz CT molecular complexity index is 729. The molecule has 9 heteroatoms. The van der Waals surface area contributed by atoms with Crippen LogP contribution >= 0.6 is 54.5 Å². The van der Waals surface area contributed by atoms with Gasteiger partial charge in [0.15, 0.2) is 10.3 Å². The average Bonchev–Trinajstić information content (AvgIpc) is 3.01. The van der Waals surface area contributed by atoms with Gasteiger partial charge in [-0.05, 0) is 44.2 Å². The van der Waals surface area contributed by atoms with Crippen molar-refractivity contribution in [1.82, 2.24) is 9.97 Å². The summed E-state index contributed by atoms with van der Waals surface area (Å²) >= 11 is 9.99. The van der Waals surface area contributed by atoms with Crippen LogP contribution in [-0.2, 0) is 4.79 Å². The number of thiazole rings is 2. The van der Waals surface area contributed by atoms with E-state index in [1.807, 2.05) is 0 Å². The lowest BCUT2D eigenvalue weighted by Gasteiger charge is -2.20. The fourth-order valence-electron chi connectivity index (χ4n) is 2.25. The topological polar surface area (TPSA) is 72.1 Å². The molecule has 0 fully saturated rings. The zero-order valence-electron chi connectivity index (χ0n) is 14.0. The van der Waals surface area contributed by atoms with Gasteiger partial charge in [0, 0.05) is 19.4 Å². The molecule has 1 atom stereocenters. The van der Waals surface area contributed by atoms with Crippen molar-refractivity contribution in [3.8, 4) is 0 Å². The van der Waals surface area contributed by atoms with Crippen molar-refractivity contribution >= 4 is 70.7 Å². The first kappa shape index (κ1) is 19.8. The molecule has 0 bridgehead atoms. The highest BCUT2D eigenvalue weighted by molar-refractivity contribution is 9.11. The summed E-state index contributed by atoms with van der Waals surface area (Å²) in [7, 11) is 0. The van der Waals surface area contributed by atoms with Crippen LogP contribution in [0.3, 0.4) is 0 Å². The minimum atomic E-state index is -0.00406. The van der Waals surface area contributed by atoms with E-state index in [0.29, 0.717) is 17.6 Å². The smallest absolute Gasteiger partial charge is 0.225 e. The molecule has 2 rings (SSSR count). The monoisotopic (exact) mass is 494 g/mol. The van der Waals surface area contributed by atoms with Gasteiger partial charge in [-0.15, -0.1) is 0 Å². The van der Waals surface area contributed by atoms with E-state index < -0.39 is 0 Å². The first-order valence-corrected chi connectivity index (χ1v) is 10.8. The van der Waals surface area contributed by atoms with Crippen LogP contribution in [0.2, 0.25) is 0 Å². The van der Waals surface area contributed by atoms with Crippen molar-refractivity contribution in [3.63, 3.8) is 0 Å². The lowest BCUT2D eigenvalue weighted by molar-refractivity contribution is -0.116. The number of nitrogen functional groups attached to an aromatic ring is 1. The number of anilines is 2. The Kier molecular flexibility index (Phi) is 6.81. The first-order chi connectivity index (χ1) is 11.2. The van der Waals surface area contributed by atoms with Crippen molar-refractivity contribution in [2.75, 3.05) is 17.2 Å². The lowest BCUT2D eigenvalue weighted by atomic mass is 10.1. The van der Waals surface area contributed by atoms with Crippen LogP contribution in [0.25, 0.3) is 0 Å². The van der Waals surface area contributed by atoms with Gasteiger partial charge in [0.2, 0.25) is 5.91 Å². The molecule has 0 aromatic carbocycles. The van der Waals surface area contributed by atoms with Crippen molar-refractivity contribution < 1.29 is 4.79 Å². The Morgan fingerprint density at radius 2 is 1.79 bits per heavy atom. The number of hydrogen-bond acceptors (Lipinski definition) is 6. The Morgan fingerprint density at radius 3 is 2.25 bits per heavy atom. The lowest BCUT2D eigenvalue weighted by Crippen LogP contribution is -2.30. The molecule has 0 aliphatic rings. The number of amides is 1. The summed E-state index contributed by atoms with van der Waals surface area (Å²) in [6.07, 6.45) is 0.787. The van der Waals surface area contributed by atoms with Gasteiger partial charge >= 0.3 is 0 Å². The second-order valence-electron chi connectivity index (χ2n) is 5.88. The van der Waals surface area contributed by atoms with Crippen LogP contribution in [0.15, 0.2) is 7.57 Å². The van der Waals surface area contributed by atoms with Crippen LogP contribution in [0.5, 0.6) is 0 Å². The largest absolute Gasteiger partial charge is 0.375 e. The molecule has 0 aliphatic heterocycles. The first-order valence-electron chi connectivity index (χ1n) is 7.56. The minimum absolute atomic E-state index is 0.00406. The minimum Gasteiger partial charge on any atom is -0.375 e. The predicted octanol–water partition coefficient (Wildman–Crippen LogP) is 5.38. The SMILES string of the molecule is CC(=O)N(CCC(C)c1nc(N)sc1Br)c1nc(C(C)C)c(Br)s1. The van der Waals surface area contributed by atoms with E-state index in [0.717, 1.165) is 30.5 Å². The summed E-state index contributed by atoms with van der Waals surface area (Å²) in [5.74, 6) is 0.504. The van der Waals surface area contributed by atoms with Gasteiger partial charge < -0.3 is 5.73 Å². The van der Waals surface area contributed by atoms with Gasteiger partial charge in [0.1, 0.15) is 0 Å². The van der Waals surface area contributed by atoms with Crippen molar-refractivity contribution in [2.45, 2.75) is 46.0 Å². The van der Waals surface area contributed by atoms with Crippen LogP contribution in [0.4, 0.5) is 10.3 Å². The highest BCUT2D eigenvalue weighted by Gasteiger charge is 2.22. The number of carbonyl (C=O) groups excluding carboxylic acids is 1. The van der Waals surface area contributed by atoms with E-state index in [2.05, 4.69) is 62.6 Å². The number of carbonyl (C=O) groups is 1. The molecule has 0 radical (unpaired) electrons. The number of hydrogen-bond donors (Lipinski definition) is 1. The molecule has 1 unspecified atom stereocenters. The zero-order chi connectivity index (χ0) is 18.0. The summed E-state index contributed by atoms with van der Waals surface area (Å²) in [6, 6.07) is 0. The zero-order valence-corrected chi connectivity index (χ0v) is 18.8. The number of halogens is 2. The summed E-state index contributed by atoms with van der Waals surface area (Å²) in [5.41, 5.74) is 7.70. The highest BCUT2D eigenvalue weighted by Crippen LogP contribution is 2.36. The van der Waals surface area contributed by atoms with Crippen molar-refractivity contribution in [3.05, 3.63) is 19.0 Å². The number of rotatable bonds is 6. The van der Waals surface area contributed by atoms with Gasteiger partial charge in [0.25, 0.3) is 0 Å². The van der Waals surface area contributed by atoms with Gasteiger partial charge in [0.05, 0.1) is 19.0 Å². The Balaban J connectivity index is 2.13. The number of nitrogens with two attached hydrogens (primary N) is 1. The van der Waals surface area contributed by atoms with E-state index >= 15 is 0 Å². The molecule has 0 saturated heterocycles. The van der Waals surface area contributed by atoms with Gasteiger partial charge in [-0.3, -0.25) is 9.69 Å². The Hall–Kier alpha value is -0.510. The van der Waals surface area contributed by atoms with E-state index in [-0.39, 0.29) is 11.8 Å². The Labute approximate surface area is 166 Å². The molecule has 2 aromatic rings. The maximum absolute atomic E-state index is 12.1. The van der Waals surface area contributed by atoms with Crippen LogP contribution < -0.4 is 10.6 Å².